The molecule has 1 N–H and O–H groups in total. The fraction of sp³-hybridized carbons (Fsp3) is 0.636. The van der Waals surface area contributed by atoms with Gasteiger partial charge < -0.3 is 24.4 Å². The van der Waals surface area contributed by atoms with Gasteiger partial charge in [0.1, 0.15) is 11.9 Å². The molecule has 0 aromatic heterocycles. The Morgan fingerprint density at radius 3 is 2.45 bits per heavy atom. The summed E-state index contributed by atoms with van der Waals surface area (Å²) in [6.45, 7) is 2.56. The van der Waals surface area contributed by atoms with Crippen molar-refractivity contribution >= 4 is 11.8 Å². The van der Waals surface area contributed by atoms with Crippen molar-refractivity contribution in [1.29, 1.82) is 0 Å². The Morgan fingerprint density at radius 2 is 1.79 bits per heavy atom. The molecule has 0 radical (unpaired) electrons. The van der Waals surface area contributed by atoms with Crippen LogP contribution in [0.1, 0.15) is 48.9 Å². The van der Waals surface area contributed by atoms with Crippen LogP contribution in [-0.2, 0) is 9.53 Å². The summed E-state index contributed by atoms with van der Waals surface area (Å²) in [5, 5.41) is 9.53. The maximum atomic E-state index is 12.8. The van der Waals surface area contributed by atoms with Crippen molar-refractivity contribution in [3.8, 4) is 5.75 Å². The number of likely N-dealkylation sites (tertiary alicyclic amines) is 2. The van der Waals surface area contributed by atoms with E-state index in [1.165, 1.54) is 0 Å². The molecular weight excluding hydrogens is 372 g/mol. The molecule has 1 atom stereocenters. The summed E-state index contributed by atoms with van der Waals surface area (Å²) in [5.41, 5.74) is 0.622. The molecule has 29 heavy (non-hydrogen) atoms. The highest BCUT2D eigenvalue weighted by Crippen LogP contribution is 2.23. The zero-order chi connectivity index (χ0) is 20.6. The zero-order valence-electron chi connectivity index (χ0n) is 17.2. The molecule has 0 saturated carbocycles. The summed E-state index contributed by atoms with van der Waals surface area (Å²) >= 11 is 0. The van der Waals surface area contributed by atoms with Gasteiger partial charge in [0, 0.05) is 45.1 Å². The first kappa shape index (κ1) is 21.6. The number of rotatable bonds is 7. The van der Waals surface area contributed by atoms with E-state index in [9.17, 15) is 14.7 Å². The third-order valence-electron chi connectivity index (χ3n) is 5.82. The van der Waals surface area contributed by atoms with E-state index in [-0.39, 0.29) is 30.6 Å². The Bertz CT molecular complexity index is 670. The quantitative estimate of drug-likeness (QED) is 0.753. The Balaban J connectivity index is 1.50. The summed E-state index contributed by atoms with van der Waals surface area (Å²) in [5.74, 6) is 0.841. The summed E-state index contributed by atoms with van der Waals surface area (Å²) in [6, 6.07) is 7.18. The first-order chi connectivity index (χ1) is 14.1. The summed E-state index contributed by atoms with van der Waals surface area (Å²) in [6.07, 6.45) is 4.98. The second-order valence-electron chi connectivity index (χ2n) is 7.80. The predicted molar refractivity (Wildman–Crippen MR) is 109 cm³/mol. The fourth-order valence-electron chi connectivity index (χ4n) is 4.06. The van der Waals surface area contributed by atoms with Crippen LogP contribution < -0.4 is 4.74 Å². The highest BCUT2D eigenvalue weighted by molar-refractivity contribution is 5.94. The third kappa shape index (κ3) is 5.70. The highest BCUT2D eigenvalue weighted by Gasteiger charge is 2.27. The summed E-state index contributed by atoms with van der Waals surface area (Å²) in [4.78, 5) is 28.5. The van der Waals surface area contributed by atoms with Crippen LogP contribution in [0.2, 0.25) is 0 Å². The molecule has 2 aliphatic rings. The van der Waals surface area contributed by atoms with E-state index in [1.807, 2.05) is 17.0 Å². The van der Waals surface area contributed by atoms with Gasteiger partial charge in [-0.05, 0) is 43.5 Å². The fourth-order valence-corrected chi connectivity index (χ4v) is 4.06. The standard InChI is InChI=1S/C22H32N2O5/c1-28-15-11-21(26)23-13-9-20(10-14-23)29-19-7-5-17(6-8-19)22(27)24-12-3-2-4-18(24)16-25/h5-8,18,20,25H,2-4,9-16H2,1H3. The molecule has 0 spiro atoms. The Kier molecular flexibility index (Phi) is 7.89. The number of aliphatic hydroxyl groups is 1. The molecular formula is C22H32N2O5. The number of carbonyl (C=O) groups is 2. The minimum atomic E-state index is -0.0797. The molecule has 0 bridgehead atoms. The van der Waals surface area contributed by atoms with Crippen molar-refractivity contribution in [3.63, 3.8) is 0 Å². The van der Waals surface area contributed by atoms with Crippen molar-refractivity contribution in [2.45, 2.75) is 50.7 Å². The minimum absolute atomic E-state index is 0.0135. The summed E-state index contributed by atoms with van der Waals surface area (Å²) < 4.78 is 11.0. The van der Waals surface area contributed by atoms with Crippen LogP contribution in [0.3, 0.4) is 0 Å². The molecule has 2 amide bonds. The van der Waals surface area contributed by atoms with E-state index in [1.54, 1.807) is 24.1 Å². The molecule has 2 heterocycles. The lowest BCUT2D eigenvalue weighted by molar-refractivity contribution is -0.133. The van der Waals surface area contributed by atoms with Gasteiger partial charge in [0.15, 0.2) is 0 Å². The van der Waals surface area contributed by atoms with Gasteiger partial charge in [-0.25, -0.2) is 0 Å². The number of hydrogen-bond acceptors (Lipinski definition) is 5. The number of benzene rings is 1. The van der Waals surface area contributed by atoms with Crippen molar-refractivity contribution in [2.75, 3.05) is 40.0 Å². The minimum Gasteiger partial charge on any atom is -0.490 e. The number of nitrogens with zero attached hydrogens (tertiary/aromatic N) is 2. The van der Waals surface area contributed by atoms with Gasteiger partial charge in [-0.15, -0.1) is 0 Å². The maximum absolute atomic E-state index is 12.8. The van der Waals surface area contributed by atoms with Crippen molar-refractivity contribution in [3.05, 3.63) is 29.8 Å². The number of aliphatic hydroxyl groups excluding tert-OH is 1. The van der Waals surface area contributed by atoms with Crippen LogP contribution >= 0.6 is 0 Å². The molecule has 3 rings (SSSR count). The molecule has 1 aromatic carbocycles. The number of hydrogen-bond donors (Lipinski definition) is 1. The number of methoxy groups -OCH3 is 1. The average Bonchev–Trinajstić information content (AvgIpc) is 2.78. The predicted octanol–water partition coefficient (Wildman–Crippen LogP) is 2.08. The lowest BCUT2D eigenvalue weighted by Gasteiger charge is -2.34. The van der Waals surface area contributed by atoms with Crippen LogP contribution in [0.15, 0.2) is 24.3 Å². The van der Waals surface area contributed by atoms with E-state index in [0.717, 1.165) is 37.9 Å². The van der Waals surface area contributed by atoms with Crippen LogP contribution in [-0.4, -0.2) is 78.8 Å². The average molecular weight is 405 g/mol. The van der Waals surface area contributed by atoms with Gasteiger partial charge in [-0.1, -0.05) is 0 Å². The van der Waals surface area contributed by atoms with E-state index >= 15 is 0 Å². The van der Waals surface area contributed by atoms with Gasteiger partial charge in [0.05, 0.1) is 25.7 Å². The smallest absolute Gasteiger partial charge is 0.254 e. The molecule has 7 nitrogen and oxygen atoms in total. The normalized spacial score (nSPS) is 20.6. The summed E-state index contributed by atoms with van der Waals surface area (Å²) in [7, 11) is 1.60. The molecule has 2 fully saturated rings. The lowest BCUT2D eigenvalue weighted by Crippen LogP contribution is -2.45. The second-order valence-corrected chi connectivity index (χ2v) is 7.80. The van der Waals surface area contributed by atoms with Crippen LogP contribution in [0.25, 0.3) is 0 Å². The first-order valence-corrected chi connectivity index (χ1v) is 10.6. The number of amides is 2. The molecule has 2 saturated heterocycles. The molecule has 0 aliphatic carbocycles. The molecule has 1 unspecified atom stereocenters. The van der Waals surface area contributed by atoms with E-state index < -0.39 is 0 Å². The Hall–Kier alpha value is -2.12. The maximum Gasteiger partial charge on any atom is 0.254 e. The van der Waals surface area contributed by atoms with Crippen LogP contribution in [0.4, 0.5) is 0 Å². The van der Waals surface area contributed by atoms with Crippen molar-refractivity contribution in [2.24, 2.45) is 0 Å². The zero-order valence-corrected chi connectivity index (χ0v) is 17.2. The largest absolute Gasteiger partial charge is 0.490 e. The van der Waals surface area contributed by atoms with Gasteiger partial charge in [0.2, 0.25) is 5.91 Å². The van der Waals surface area contributed by atoms with Gasteiger partial charge >= 0.3 is 0 Å². The second kappa shape index (κ2) is 10.6. The molecule has 160 valence electrons. The SMILES string of the molecule is COCCC(=O)N1CCC(Oc2ccc(C(=O)N3CCCCC3CO)cc2)CC1. The van der Waals surface area contributed by atoms with E-state index in [2.05, 4.69) is 0 Å². The molecule has 2 aliphatic heterocycles. The van der Waals surface area contributed by atoms with Gasteiger partial charge in [-0.3, -0.25) is 9.59 Å². The number of ether oxygens (including phenoxy) is 2. The van der Waals surface area contributed by atoms with Crippen molar-refractivity contribution < 1.29 is 24.2 Å². The topological polar surface area (TPSA) is 79.3 Å². The van der Waals surface area contributed by atoms with E-state index in [0.29, 0.717) is 38.2 Å². The molecule has 1 aromatic rings. The lowest BCUT2D eigenvalue weighted by atomic mass is 10.0. The third-order valence-corrected chi connectivity index (χ3v) is 5.82. The van der Waals surface area contributed by atoms with Gasteiger partial charge in [0.25, 0.3) is 5.91 Å². The monoisotopic (exact) mass is 404 g/mol. The molecule has 7 heteroatoms. The highest BCUT2D eigenvalue weighted by atomic mass is 16.5. The first-order valence-electron chi connectivity index (χ1n) is 10.6. The van der Waals surface area contributed by atoms with Gasteiger partial charge in [-0.2, -0.15) is 0 Å². The Labute approximate surface area is 172 Å². The van der Waals surface area contributed by atoms with Crippen molar-refractivity contribution in [1.82, 2.24) is 9.80 Å². The van der Waals surface area contributed by atoms with E-state index in [4.69, 9.17) is 9.47 Å². The van der Waals surface area contributed by atoms with Crippen LogP contribution in [0, 0.1) is 0 Å². The Morgan fingerprint density at radius 1 is 1.07 bits per heavy atom. The number of piperidine rings is 2. The van der Waals surface area contributed by atoms with Crippen LogP contribution in [0.5, 0.6) is 5.75 Å². The number of carbonyl (C=O) groups excluding carboxylic acids is 2.